The molecule has 0 aliphatic carbocycles. The highest BCUT2D eigenvalue weighted by Gasteiger charge is 2.11. The molecule has 3 heteroatoms. The molecule has 0 spiro atoms. The molecule has 1 aromatic heterocycles. The fraction of sp³-hybridized carbons (Fsp3) is 0.214. The lowest BCUT2D eigenvalue weighted by atomic mass is 10.0. The molecule has 0 saturated carbocycles. The Morgan fingerprint density at radius 2 is 1.94 bits per heavy atom. The molecule has 0 saturated heterocycles. The van der Waals surface area contributed by atoms with Gasteiger partial charge >= 0.3 is 0 Å². The van der Waals surface area contributed by atoms with E-state index in [-0.39, 0.29) is 11.9 Å². The summed E-state index contributed by atoms with van der Waals surface area (Å²) in [6, 6.07) is 8.50. The first kappa shape index (κ1) is 11.7. The highest BCUT2D eigenvalue weighted by atomic mass is 19.1. The van der Waals surface area contributed by atoms with Gasteiger partial charge in [-0.3, -0.25) is 4.98 Å². The van der Waals surface area contributed by atoms with E-state index < -0.39 is 0 Å². The average Bonchev–Trinajstić information content (AvgIpc) is 2.32. The van der Waals surface area contributed by atoms with Crippen molar-refractivity contribution in [1.29, 1.82) is 0 Å². The molecule has 17 heavy (non-hydrogen) atoms. The third-order valence-electron chi connectivity index (χ3n) is 2.81. The lowest BCUT2D eigenvalue weighted by Gasteiger charge is -2.12. The van der Waals surface area contributed by atoms with Crippen molar-refractivity contribution in [2.75, 3.05) is 0 Å². The van der Waals surface area contributed by atoms with Crippen molar-refractivity contribution in [1.82, 2.24) is 4.98 Å². The van der Waals surface area contributed by atoms with E-state index in [9.17, 15) is 4.39 Å². The van der Waals surface area contributed by atoms with Crippen LogP contribution in [-0.2, 0) is 0 Å². The van der Waals surface area contributed by atoms with Crippen LogP contribution in [0.15, 0.2) is 36.5 Å². The lowest BCUT2D eigenvalue weighted by Crippen LogP contribution is -2.14. The molecule has 2 aromatic rings. The predicted molar refractivity (Wildman–Crippen MR) is 66.1 cm³/mol. The second kappa shape index (κ2) is 4.63. The molecule has 0 amide bonds. The van der Waals surface area contributed by atoms with E-state index in [1.165, 1.54) is 6.07 Å². The summed E-state index contributed by atoms with van der Waals surface area (Å²) in [5.74, 6) is -0.231. The second-order valence-electron chi connectivity index (χ2n) is 4.24. The van der Waals surface area contributed by atoms with Crippen LogP contribution in [0.3, 0.4) is 0 Å². The van der Waals surface area contributed by atoms with Gasteiger partial charge in [-0.05, 0) is 48.7 Å². The molecule has 2 N–H and O–H groups in total. The van der Waals surface area contributed by atoms with Crippen LogP contribution in [0, 0.1) is 19.7 Å². The van der Waals surface area contributed by atoms with Gasteiger partial charge in [-0.15, -0.1) is 0 Å². The van der Waals surface area contributed by atoms with Gasteiger partial charge in [-0.1, -0.05) is 12.1 Å². The van der Waals surface area contributed by atoms with Gasteiger partial charge in [0.1, 0.15) is 5.82 Å². The standard InChI is InChI=1S/C14H15FN2/c1-9-5-6-17-13(7-9)14(16)11-4-3-10(2)12(15)8-11/h3-8,14H,16H2,1-2H3. The van der Waals surface area contributed by atoms with Crippen LogP contribution in [0.5, 0.6) is 0 Å². The first-order valence-electron chi connectivity index (χ1n) is 5.52. The Morgan fingerprint density at radius 3 is 2.59 bits per heavy atom. The van der Waals surface area contributed by atoms with E-state index >= 15 is 0 Å². The molecule has 88 valence electrons. The average molecular weight is 230 g/mol. The Hall–Kier alpha value is -1.74. The lowest BCUT2D eigenvalue weighted by molar-refractivity contribution is 0.614. The van der Waals surface area contributed by atoms with Gasteiger partial charge < -0.3 is 5.73 Å². The topological polar surface area (TPSA) is 38.9 Å². The summed E-state index contributed by atoms with van der Waals surface area (Å²) in [6.07, 6.45) is 1.72. The number of aryl methyl sites for hydroxylation is 2. The number of nitrogens with zero attached hydrogens (tertiary/aromatic N) is 1. The number of rotatable bonds is 2. The SMILES string of the molecule is Cc1ccnc(C(N)c2ccc(C)c(F)c2)c1. The predicted octanol–water partition coefficient (Wildman–Crippen LogP) is 2.89. The third kappa shape index (κ3) is 2.50. The third-order valence-corrected chi connectivity index (χ3v) is 2.81. The Labute approximate surface area is 100 Å². The largest absolute Gasteiger partial charge is 0.319 e. The van der Waals surface area contributed by atoms with Crippen LogP contribution in [0.1, 0.15) is 28.4 Å². The number of aromatic nitrogens is 1. The molecule has 0 aliphatic heterocycles. The fourth-order valence-electron chi connectivity index (χ4n) is 1.70. The minimum atomic E-state index is -0.384. The highest BCUT2D eigenvalue weighted by Crippen LogP contribution is 2.20. The first-order valence-corrected chi connectivity index (χ1v) is 5.52. The number of nitrogens with two attached hydrogens (primary N) is 1. The summed E-state index contributed by atoms with van der Waals surface area (Å²) >= 11 is 0. The van der Waals surface area contributed by atoms with Crippen molar-refractivity contribution in [2.45, 2.75) is 19.9 Å². The van der Waals surface area contributed by atoms with Crippen LogP contribution < -0.4 is 5.73 Å². The molecule has 1 atom stereocenters. The Morgan fingerprint density at radius 1 is 1.18 bits per heavy atom. The summed E-state index contributed by atoms with van der Waals surface area (Å²) in [5, 5.41) is 0. The van der Waals surface area contributed by atoms with Crippen molar-refractivity contribution >= 4 is 0 Å². The molecule has 1 heterocycles. The normalized spacial score (nSPS) is 12.5. The number of hydrogen-bond acceptors (Lipinski definition) is 2. The summed E-state index contributed by atoms with van der Waals surface area (Å²) in [7, 11) is 0. The van der Waals surface area contributed by atoms with Gasteiger partial charge in [0.2, 0.25) is 0 Å². The Balaban J connectivity index is 2.36. The Bertz CT molecular complexity index is 537. The fourth-order valence-corrected chi connectivity index (χ4v) is 1.70. The summed E-state index contributed by atoms with van der Waals surface area (Å²) < 4.78 is 13.5. The molecular weight excluding hydrogens is 215 g/mol. The maximum Gasteiger partial charge on any atom is 0.126 e. The minimum absolute atomic E-state index is 0.231. The van der Waals surface area contributed by atoms with E-state index in [2.05, 4.69) is 4.98 Å². The van der Waals surface area contributed by atoms with Crippen molar-refractivity contribution in [2.24, 2.45) is 5.73 Å². The van der Waals surface area contributed by atoms with E-state index in [1.54, 1.807) is 19.2 Å². The molecular formula is C14H15FN2. The highest BCUT2D eigenvalue weighted by molar-refractivity contribution is 5.31. The van der Waals surface area contributed by atoms with Gasteiger partial charge in [0.05, 0.1) is 11.7 Å². The molecule has 0 aliphatic rings. The minimum Gasteiger partial charge on any atom is -0.319 e. The van der Waals surface area contributed by atoms with Gasteiger partial charge in [-0.25, -0.2) is 4.39 Å². The summed E-state index contributed by atoms with van der Waals surface area (Å²) in [6.45, 7) is 3.71. The molecule has 2 rings (SSSR count). The molecule has 0 fully saturated rings. The molecule has 1 unspecified atom stereocenters. The van der Waals surface area contributed by atoms with Gasteiger partial charge in [0.25, 0.3) is 0 Å². The van der Waals surface area contributed by atoms with Crippen molar-refractivity contribution in [3.63, 3.8) is 0 Å². The van der Waals surface area contributed by atoms with E-state index in [4.69, 9.17) is 5.73 Å². The summed E-state index contributed by atoms with van der Waals surface area (Å²) in [4.78, 5) is 4.22. The zero-order valence-corrected chi connectivity index (χ0v) is 9.94. The maximum absolute atomic E-state index is 13.5. The maximum atomic E-state index is 13.5. The molecule has 1 aromatic carbocycles. The number of hydrogen-bond donors (Lipinski definition) is 1. The van der Waals surface area contributed by atoms with E-state index in [0.29, 0.717) is 5.56 Å². The first-order chi connectivity index (χ1) is 8.08. The van der Waals surface area contributed by atoms with Crippen molar-refractivity contribution in [3.8, 4) is 0 Å². The zero-order valence-electron chi connectivity index (χ0n) is 9.94. The monoisotopic (exact) mass is 230 g/mol. The summed E-state index contributed by atoms with van der Waals surface area (Å²) in [5.41, 5.74) is 9.29. The van der Waals surface area contributed by atoms with Crippen molar-refractivity contribution < 1.29 is 4.39 Å². The Kier molecular flexibility index (Phi) is 3.20. The second-order valence-corrected chi connectivity index (χ2v) is 4.24. The number of halogens is 1. The quantitative estimate of drug-likeness (QED) is 0.861. The van der Waals surface area contributed by atoms with Gasteiger partial charge in [0.15, 0.2) is 0 Å². The van der Waals surface area contributed by atoms with Gasteiger partial charge in [0, 0.05) is 6.20 Å². The van der Waals surface area contributed by atoms with Crippen LogP contribution >= 0.6 is 0 Å². The molecule has 0 radical (unpaired) electrons. The van der Waals surface area contributed by atoms with Gasteiger partial charge in [-0.2, -0.15) is 0 Å². The van der Waals surface area contributed by atoms with Crippen LogP contribution in [0.4, 0.5) is 4.39 Å². The van der Waals surface area contributed by atoms with Crippen LogP contribution in [-0.4, -0.2) is 4.98 Å². The van der Waals surface area contributed by atoms with Crippen molar-refractivity contribution in [3.05, 3.63) is 64.7 Å². The van der Waals surface area contributed by atoms with Crippen LogP contribution in [0.2, 0.25) is 0 Å². The smallest absolute Gasteiger partial charge is 0.126 e. The number of pyridine rings is 1. The van der Waals surface area contributed by atoms with E-state index in [1.807, 2.05) is 25.1 Å². The molecule has 0 bridgehead atoms. The number of benzene rings is 1. The zero-order chi connectivity index (χ0) is 12.4. The van der Waals surface area contributed by atoms with Crippen LogP contribution in [0.25, 0.3) is 0 Å². The van der Waals surface area contributed by atoms with E-state index in [0.717, 1.165) is 16.8 Å². The molecule has 2 nitrogen and oxygen atoms in total.